The first-order chi connectivity index (χ1) is 11.5. The number of rotatable bonds is 2. The van der Waals surface area contributed by atoms with Crippen LogP contribution in [-0.4, -0.2) is 43.6 Å². The third kappa shape index (κ3) is 2.60. The lowest BCUT2D eigenvalue weighted by Gasteiger charge is -2.36. The zero-order valence-corrected chi connectivity index (χ0v) is 13.4. The van der Waals surface area contributed by atoms with Crippen LogP contribution in [0.25, 0.3) is 17.0 Å². The highest BCUT2D eigenvalue weighted by molar-refractivity contribution is 5.60. The number of fused-ring (bicyclic) bond motifs is 1. The van der Waals surface area contributed by atoms with E-state index in [1.54, 1.807) is 22.7 Å². The van der Waals surface area contributed by atoms with Gasteiger partial charge in [0.25, 0.3) is 0 Å². The Morgan fingerprint density at radius 2 is 1.83 bits per heavy atom. The second-order valence-electron chi connectivity index (χ2n) is 6.45. The van der Waals surface area contributed by atoms with Crippen LogP contribution >= 0.6 is 0 Å². The Hall–Kier alpha value is -2.54. The lowest BCUT2D eigenvalue weighted by Crippen LogP contribution is -2.42. The van der Waals surface area contributed by atoms with Gasteiger partial charge in [0, 0.05) is 13.1 Å². The molecule has 0 saturated carbocycles. The van der Waals surface area contributed by atoms with E-state index in [-0.39, 0.29) is 5.82 Å². The highest BCUT2D eigenvalue weighted by Gasteiger charge is 2.28. The Kier molecular flexibility index (Phi) is 3.45. The van der Waals surface area contributed by atoms with Crippen molar-refractivity contribution in [1.29, 1.82) is 0 Å². The molecule has 0 atom stereocenters. The summed E-state index contributed by atoms with van der Waals surface area (Å²) in [4.78, 5) is 2.11. The molecule has 124 valence electrons. The van der Waals surface area contributed by atoms with Gasteiger partial charge in [-0.1, -0.05) is 12.1 Å². The van der Waals surface area contributed by atoms with E-state index >= 15 is 0 Å². The summed E-state index contributed by atoms with van der Waals surface area (Å²) in [5.74, 6) is 0.803. The average Bonchev–Trinajstić information content (AvgIpc) is 2.98. The van der Waals surface area contributed by atoms with E-state index in [2.05, 4.69) is 20.2 Å². The Morgan fingerprint density at radius 1 is 1.08 bits per heavy atom. The summed E-state index contributed by atoms with van der Waals surface area (Å²) in [6.07, 6.45) is 1.38. The van der Waals surface area contributed by atoms with Crippen molar-refractivity contribution in [3.8, 4) is 11.4 Å². The third-order valence-corrected chi connectivity index (χ3v) is 4.53. The van der Waals surface area contributed by atoms with Crippen LogP contribution in [0.5, 0.6) is 0 Å². The fourth-order valence-electron chi connectivity index (χ4n) is 2.98. The number of halogens is 1. The minimum atomic E-state index is -0.616. The fraction of sp³-hybridized carbons (Fsp3) is 0.353. The molecular formula is C17H18FN5O. The van der Waals surface area contributed by atoms with E-state index in [1.807, 2.05) is 19.1 Å². The molecule has 7 heteroatoms. The molecule has 1 N–H and O–H groups in total. The predicted octanol–water partition coefficient (Wildman–Crippen LogP) is 2.28. The largest absolute Gasteiger partial charge is 0.390 e. The first-order valence-corrected chi connectivity index (χ1v) is 7.98. The maximum absolute atomic E-state index is 14.1. The van der Waals surface area contributed by atoms with Crippen molar-refractivity contribution in [1.82, 2.24) is 19.8 Å². The van der Waals surface area contributed by atoms with Crippen molar-refractivity contribution in [2.24, 2.45) is 0 Å². The van der Waals surface area contributed by atoms with Gasteiger partial charge in [-0.25, -0.2) is 4.39 Å². The molecule has 0 spiro atoms. The maximum Gasteiger partial charge on any atom is 0.188 e. The average molecular weight is 327 g/mol. The first kappa shape index (κ1) is 15.0. The van der Waals surface area contributed by atoms with Gasteiger partial charge in [0.05, 0.1) is 11.2 Å². The van der Waals surface area contributed by atoms with Crippen LogP contribution in [0.4, 0.5) is 10.2 Å². The summed E-state index contributed by atoms with van der Waals surface area (Å²) >= 11 is 0. The molecule has 6 nitrogen and oxygen atoms in total. The van der Waals surface area contributed by atoms with Crippen molar-refractivity contribution in [2.75, 3.05) is 18.0 Å². The van der Waals surface area contributed by atoms with E-state index < -0.39 is 5.60 Å². The quantitative estimate of drug-likeness (QED) is 0.782. The van der Waals surface area contributed by atoms with Crippen molar-refractivity contribution in [3.05, 3.63) is 42.2 Å². The van der Waals surface area contributed by atoms with Gasteiger partial charge in [0.15, 0.2) is 11.5 Å². The molecule has 1 aliphatic heterocycles. The molecule has 0 aliphatic carbocycles. The van der Waals surface area contributed by atoms with Crippen LogP contribution < -0.4 is 4.90 Å². The first-order valence-electron chi connectivity index (χ1n) is 7.98. The van der Waals surface area contributed by atoms with Crippen LogP contribution in [0.2, 0.25) is 0 Å². The van der Waals surface area contributed by atoms with Gasteiger partial charge in [-0.2, -0.15) is 4.52 Å². The fourth-order valence-corrected chi connectivity index (χ4v) is 2.98. The van der Waals surface area contributed by atoms with Crippen LogP contribution in [0.3, 0.4) is 0 Å². The topological polar surface area (TPSA) is 66.5 Å². The Bertz CT molecular complexity index is 882. The smallest absolute Gasteiger partial charge is 0.188 e. The van der Waals surface area contributed by atoms with E-state index in [0.717, 1.165) is 18.9 Å². The number of hydrogen-bond donors (Lipinski definition) is 1. The van der Waals surface area contributed by atoms with Crippen molar-refractivity contribution >= 4 is 11.5 Å². The highest BCUT2D eigenvalue weighted by Crippen LogP contribution is 2.26. The minimum Gasteiger partial charge on any atom is -0.390 e. The molecule has 0 bridgehead atoms. The number of benzene rings is 1. The van der Waals surface area contributed by atoms with Crippen molar-refractivity contribution in [2.45, 2.75) is 25.4 Å². The Balaban J connectivity index is 1.73. The molecule has 4 rings (SSSR count). The highest BCUT2D eigenvalue weighted by atomic mass is 19.1. The van der Waals surface area contributed by atoms with Gasteiger partial charge >= 0.3 is 0 Å². The van der Waals surface area contributed by atoms with Crippen LogP contribution in [0.1, 0.15) is 19.8 Å². The molecule has 3 aromatic rings. The standard InChI is InChI=1S/C17H18FN5O/c1-17(24)8-10-22(11-9-17)15-7-6-14-19-20-16(23(14)21-15)12-4-2-3-5-13(12)18/h2-7,24H,8-11H2,1H3. The van der Waals surface area contributed by atoms with Gasteiger partial charge in [-0.05, 0) is 44.0 Å². The lowest BCUT2D eigenvalue weighted by molar-refractivity contribution is 0.0350. The van der Waals surface area contributed by atoms with Crippen LogP contribution in [0.15, 0.2) is 36.4 Å². The molecule has 0 unspecified atom stereocenters. The van der Waals surface area contributed by atoms with Crippen molar-refractivity contribution in [3.63, 3.8) is 0 Å². The zero-order chi connectivity index (χ0) is 16.7. The molecule has 1 aromatic carbocycles. The number of aromatic nitrogens is 4. The molecule has 1 fully saturated rings. The third-order valence-electron chi connectivity index (χ3n) is 4.53. The van der Waals surface area contributed by atoms with Gasteiger partial charge in [0.1, 0.15) is 11.6 Å². The number of piperidine rings is 1. The van der Waals surface area contributed by atoms with Crippen LogP contribution in [-0.2, 0) is 0 Å². The molecule has 0 radical (unpaired) electrons. The SMILES string of the molecule is CC1(O)CCN(c2ccc3nnc(-c4ccccc4F)n3n2)CC1. The van der Waals surface area contributed by atoms with Gasteiger partial charge < -0.3 is 10.0 Å². The number of anilines is 1. The molecule has 1 saturated heterocycles. The predicted molar refractivity (Wildman–Crippen MR) is 88.2 cm³/mol. The van der Waals surface area contributed by atoms with E-state index in [0.29, 0.717) is 29.9 Å². The lowest BCUT2D eigenvalue weighted by atomic mass is 9.94. The summed E-state index contributed by atoms with van der Waals surface area (Å²) in [5, 5.41) is 22.8. The molecule has 3 heterocycles. The van der Waals surface area contributed by atoms with Crippen LogP contribution in [0, 0.1) is 5.82 Å². The number of nitrogens with zero attached hydrogens (tertiary/aromatic N) is 5. The normalized spacial score (nSPS) is 17.4. The number of hydrogen-bond acceptors (Lipinski definition) is 5. The minimum absolute atomic E-state index is 0.354. The summed E-state index contributed by atoms with van der Waals surface area (Å²) < 4.78 is 15.6. The Labute approximate surface area is 138 Å². The summed E-state index contributed by atoms with van der Waals surface area (Å²) in [7, 11) is 0. The van der Waals surface area contributed by atoms with Crippen molar-refractivity contribution < 1.29 is 9.50 Å². The summed E-state index contributed by atoms with van der Waals surface area (Å²) in [6, 6.07) is 10.2. The molecule has 2 aromatic heterocycles. The maximum atomic E-state index is 14.1. The molecular weight excluding hydrogens is 309 g/mol. The van der Waals surface area contributed by atoms with Gasteiger partial charge in [-0.15, -0.1) is 15.3 Å². The molecule has 24 heavy (non-hydrogen) atoms. The van der Waals surface area contributed by atoms with E-state index in [1.165, 1.54) is 6.07 Å². The Morgan fingerprint density at radius 3 is 2.58 bits per heavy atom. The molecule has 0 amide bonds. The van der Waals surface area contributed by atoms with Gasteiger partial charge in [-0.3, -0.25) is 0 Å². The molecule has 1 aliphatic rings. The summed E-state index contributed by atoms with van der Waals surface area (Å²) in [5.41, 5.74) is 0.326. The van der Waals surface area contributed by atoms with E-state index in [9.17, 15) is 9.50 Å². The monoisotopic (exact) mass is 327 g/mol. The zero-order valence-electron chi connectivity index (χ0n) is 13.4. The summed E-state index contributed by atoms with van der Waals surface area (Å²) in [6.45, 7) is 3.31. The van der Waals surface area contributed by atoms with Gasteiger partial charge in [0.2, 0.25) is 0 Å². The second-order valence-corrected chi connectivity index (χ2v) is 6.45. The second kappa shape index (κ2) is 5.52. The number of aliphatic hydroxyl groups is 1. The van der Waals surface area contributed by atoms with E-state index in [4.69, 9.17) is 0 Å².